The number of anilines is 1. The first-order valence-electron chi connectivity index (χ1n) is 4.76. The number of hydrogen-bond donors (Lipinski definition) is 2. The Balaban J connectivity index is 2.47. The molecule has 0 bridgehead atoms. The maximum atomic E-state index is 9.10. The summed E-state index contributed by atoms with van der Waals surface area (Å²) >= 11 is 1.76. The van der Waals surface area contributed by atoms with Gasteiger partial charge in [0.15, 0.2) is 0 Å². The van der Waals surface area contributed by atoms with Gasteiger partial charge in [-0.05, 0) is 44.0 Å². The molecule has 78 valence electrons. The summed E-state index contributed by atoms with van der Waals surface area (Å²) < 4.78 is 0. The monoisotopic (exact) mass is 211 g/mol. The van der Waals surface area contributed by atoms with E-state index in [9.17, 15) is 0 Å². The molecule has 0 aliphatic heterocycles. The summed E-state index contributed by atoms with van der Waals surface area (Å²) in [6.07, 6.45) is 0.617. The van der Waals surface area contributed by atoms with Crippen LogP contribution in [0.15, 0.2) is 23.1 Å². The van der Waals surface area contributed by atoms with Gasteiger partial charge in [-0.2, -0.15) is 0 Å². The van der Waals surface area contributed by atoms with E-state index in [4.69, 9.17) is 10.8 Å². The first-order valence-corrected chi connectivity index (χ1v) is 5.75. The molecule has 14 heavy (non-hydrogen) atoms. The molecule has 0 saturated carbocycles. The zero-order valence-corrected chi connectivity index (χ0v) is 9.47. The molecule has 1 aromatic carbocycles. The average molecular weight is 211 g/mol. The second-order valence-corrected chi connectivity index (χ2v) is 4.67. The minimum atomic E-state index is -0.211. The smallest absolute Gasteiger partial charge is 0.0520 e. The molecule has 0 spiro atoms. The highest BCUT2D eigenvalue weighted by atomic mass is 32.2. The fourth-order valence-electron chi connectivity index (χ4n) is 1.09. The van der Waals surface area contributed by atoms with Crippen LogP contribution >= 0.6 is 11.8 Å². The molecule has 0 heterocycles. The van der Waals surface area contributed by atoms with E-state index in [1.807, 2.05) is 26.0 Å². The standard InChI is InChI=1S/C11H17NOS/c1-8-7-10(3-4-11(8)12)14-6-5-9(2)13/h3-4,7,9,13H,5-6,12H2,1-2H3. The number of rotatable bonds is 4. The van der Waals surface area contributed by atoms with Crippen LogP contribution in [0.1, 0.15) is 18.9 Å². The van der Waals surface area contributed by atoms with Gasteiger partial charge in [-0.3, -0.25) is 0 Å². The highest BCUT2D eigenvalue weighted by Gasteiger charge is 1.99. The molecule has 1 aromatic rings. The van der Waals surface area contributed by atoms with E-state index in [1.54, 1.807) is 11.8 Å². The Morgan fingerprint density at radius 2 is 2.21 bits per heavy atom. The van der Waals surface area contributed by atoms with Crippen molar-refractivity contribution in [2.45, 2.75) is 31.3 Å². The molecule has 0 saturated heterocycles. The van der Waals surface area contributed by atoms with Crippen LogP contribution in [0.5, 0.6) is 0 Å². The van der Waals surface area contributed by atoms with Gasteiger partial charge in [-0.25, -0.2) is 0 Å². The van der Waals surface area contributed by atoms with E-state index in [2.05, 4.69) is 6.07 Å². The summed E-state index contributed by atoms with van der Waals surface area (Å²) in [5.74, 6) is 0.945. The Labute approximate surface area is 89.5 Å². The number of hydrogen-bond acceptors (Lipinski definition) is 3. The highest BCUT2D eigenvalue weighted by molar-refractivity contribution is 7.99. The number of benzene rings is 1. The van der Waals surface area contributed by atoms with E-state index >= 15 is 0 Å². The van der Waals surface area contributed by atoms with Crippen molar-refractivity contribution in [2.75, 3.05) is 11.5 Å². The molecular weight excluding hydrogens is 194 g/mol. The first kappa shape index (κ1) is 11.4. The number of nitrogen functional groups attached to an aromatic ring is 1. The zero-order chi connectivity index (χ0) is 10.6. The van der Waals surface area contributed by atoms with Crippen LogP contribution in [0.3, 0.4) is 0 Å². The molecule has 1 atom stereocenters. The van der Waals surface area contributed by atoms with Gasteiger partial charge in [0.05, 0.1) is 6.10 Å². The molecule has 1 unspecified atom stereocenters. The number of aryl methyl sites for hydroxylation is 1. The zero-order valence-electron chi connectivity index (χ0n) is 8.66. The number of aliphatic hydroxyl groups excluding tert-OH is 1. The molecule has 1 rings (SSSR count). The third-order valence-electron chi connectivity index (χ3n) is 2.05. The highest BCUT2D eigenvalue weighted by Crippen LogP contribution is 2.23. The first-order chi connectivity index (χ1) is 6.59. The van der Waals surface area contributed by atoms with E-state index in [0.29, 0.717) is 0 Å². The van der Waals surface area contributed by atoms with Crippen molar-refractivity contribution in [3.05, 3.63) is 23.8 Å². The van der Waals surface area contributed by atoms with Gasteiger partial charge < -0.3 is 10.8 Å². The molecule has 0 aliphatic carbocycles. The third kappa shape index (κ3) is 3.60. The molecule has 3 N–H and O–H groups in total. The summed E-state index contributed by atoms with van der Waals surface area (Å²) in [5.41, 5.74) is 7.67. The lowest BCUT2D eigenvalue weighted by molar-refractivity contribution is 0.192. The Morgan fingerprint density at radius 3 is 2.79 bits per heavy atom. The van der Waals surface area contributed by atoms with Crippen LogP contribution in [0.25, 0.3) is 0 Å². The summed E-state index contributed by atoms with van der Waals surface area (Å²) in [5, 5.41) is 9.10. The van der Waals surface area contributed by atoms with Crippen LogP contribution < -0.4 is 5.73 Å². The third-order valence-corrected chi connectivity index (χ3v) is 3.07. The SMILES string of the molecule is Cc1cc(SCCC(C)O)ccc1N. The average Bonchev–Trinajstić information content (AvgIpc) is 2.10. The van der Waals surface area contributed by atoms with Crippen molar-refractivity contribution in [1.29, 1.82) is 0 Å². The van der Waals surface area contributed by atoms with Crippen LogP contribution in [-0.4, -0.2) is 17.0 Å². The van der Waals surface area contributed by atoms with Crippen LogP contribution in [0, 0.1) is 6.92 Å². The normalized spacial score (nSPS) is 12.8. The van der Waals surface area contributed by atoms with E-state index in [1.165, 1.54) is 4.90 Å². The molecule has 0 aromatic heterocycles. The van der Waals surface area contributed by atoms with Gasteiger partial charge in [0.1, 0.15) is 0 Å². The van der Waals surface area contributed by atoms with Crippen LogP contribution in [0.4, 0.5) is 5.69 Å². The van der Waals surface area contributed by atoms with Crippen LogP contribution in [0.2, 0.25) is 0 Å². The van der Waals surface area contributed by atoms with Crippen molar-refractivity contribution in [3.8, 4) is 0 Å². The van der Waals surface area contributed by atoms with Gasteiger partial charge in [-0.1, -0.05) is 0 Å². The summed E-state index contributed by atoms with van der Waals surface area (Å²) in [6.45, 7) is 3.82. The van der Waals surface area contributed by atoms with Gasteiger partial charge in [0, 0.05) is 16.3 Å². The lowest BCUT2D eigenvalue weighted by Gasteiger charge is -2.06. The van der Waals surface area contributed by atoms with Crippen molar-refractivity contribution in [1.82, 2.24) is 0 Å². The Kier molecular flexibility index (Phi) is 4.29. The van der Waals surface area contributed by atoms with Gasteiger partial charge in [0.25, 0.3) is 0 Å². The van der Waals surface area contributed by atoms with E-state index in [0.717, 1.165) is 23.4 Å². The summed E-state index contributed by atoms with van der Waals surface area (Å²) in [6, 6.07) is 6.04. The van der Waals surface area contributed by atoms with Crippen molar-refractivity contribution in [2.24, 2.45) is 0 Å². The predicted molar refractivity (Wildman–Crippen MR) is 62.6 cm³/mol. The number of nitrogens with two attached hydrogens (primary N) is 1. The largest absolute Gasteiger partial charge is 0.399 e. The van der Waals surface area contributed by atoms with Gasteiger partial charge in [-0.15, -0.1) is 11.8 Å². The Hall–Kier alpha value is -0.670. The second-order valence-electron chi connectivity index (χ2n) is 3.50. The lowest BCUT2D eigenvalue weighted by atomic mass is 10.2. The molecule has 3 heteroatoms. The summed E-state index contributed by atoms with van der Waals surface area (Å²) in [4.78, 5) is 1.22. The number of aliphatic hydroxyl groups is 1. The summed E-state index contributed by atoms with van der Waals surface area (Å²) in [7, 11) is 0. The van der Waals surface area contributed by atoms with E-state index in [-0.39, 0.29) is 6.10 Å². The second kappa shape index (κ2) is 5.27. The topological polar surface area (TPSA) is 46.2 Å². The van der Waals surface area contributed by atoms with Crippen molar-refractivity contribution >= 4 is 17.4 Å². The number of thioether (sulfide) groups is 1. The van der Waals surface area contributed by atoms with Gasteiger partial charge in [0.2, 0.25) is 0 Å². The maximum Gasteiger partial charge on any atom is 0.0520 e. The van der Waals surface area contributed by atoms with E-state index < -0.39 is 0 Å². The molecule has 0 fully saturated rings. The molecule has 0 amide bonds. The van der Waals surface area contributed by atoms with Gasteiger partial charge >= 0.3 is 0 Å². The molecule has 2 nitrogen and oxygen atoms in total. The maximum absolute atomic E-state index is 9.10. The fourth-order valence-corrected chi connectivity index (χ4v) is 2.20. The molecule has 0 radical (unpaired) electrons. The molecule has 0 aliphatic rings. The van der Waals surface area contributed by atoms with Crippen molar-refractivity contribution < 1.29 is 5.11 Å². The fraction of sp³-hybridized carbons (Fsp3) is 0.455. The van der Waals surface area contributed by atoms with Crippen molar-refractivity contribution in [3.63, 3.8) is 0 Å². The molecular formula is C11H17NOS. The lowest BCUT2D eigenvalue weighted by Crippen LogP contribution is -2.00. The quantitative estimate of drug-likeness (QED) is 0.594. The predicted octanol–water partition coefficient (Wildman–Crippen LogP) is 2.44. The Morgan fingerprint density at radius 1 is 1.50 bits per heavy atom. The Bertz CT molecular complexity index is 299. The van der Waals surface area contributed by atoms with Crippen LogP contribution in [-0.2, 0) is 0 Å². The minimum Gasteiger partial charge on any atom is -0.399 e. The minimum absolute atomic E-state index is 0.211.